The van der Waals surface area contributed by atoms with Crippen molar-refractivity contribution in [2.24, 2.45) is 0 Å². The molecule has 0 radical (unpaired) electrons. The second-order valence-electron chi connectivity index (χ2n) is 7.36. The number of nitrogens with one attached hydrogen (secondary N) is 1. The summed E-state index contributed by atoms with van der Waals surface area (Å²) >= 11 is 5.89. The standard InChI is InChI=1S/C21H25ClN2O5/c1-14(25)23-19-8-5-16(26)11-20(19)29-21(2,27)13-24-10-9-18(12-24)28-17-6-3-15(22)4-7-17/h3-8,11,18,26-27H,9-10,12-13H2,1-2H3,(H,23,25)/t18-,21?/m0/s1. The molecular formula is C21H25ClN2O5. The average molecular weight is 421 g/mol. The van der Waals surface area contributed by atoms with Crippen LogP contribution in [-0.2, 0) is 4.79 Å². The maximum absolute atomic E-state index is 11.4. The number of likely N-dealkylation sites (tertiary alicyclic amines) is 1. The van der Waals surface area contributed by atoms with E-state index in [4.69, 9.17) is 21.1 Å². The predicted molar refractivity (Wildman–Crippen MR) is 111 cm³/mol. The van der Waals surface area contributed by atoms with Crippen molar-refractivity contribution in [3.63, 3.8) is 0 Å². The summed E-state index contributed by atoms with van der Waals surface area (Å²) in [5, 5.41) is 23.8. The molecule has 3 N–H and O–H groups in total. The molecule has 1 amide bonds. The molecule has 29 heavy (non-hydrogen) atoms. The molecule has 2 atom stereocenters. The Morgan fingerprint density at radius 3 is 2.72 bits per heavy atom. The van der Waals surface area contributed by atoms with Gasteiger partial charge in [0.1, 0.15) is 23.4 Å². The predicted octanol–water partition coefficient (Wildman–Crippen LogP) is 3.24. The summed E-state index contributed by atoms with van der Waals surface area (Å²) in [6.45, 7) is 4.54. The molecular weight excluding hydrogens is 396 g/mol. The first-order valence-electron chi connectivity index (χ1n) is 9.37. The highest BCUT2D eigenvalue weighted by Crippen LogP contribution is 2.32. The molecule has 3 rings (SSSR count). The van der Waals surface area contributed by atoms with E-state index in [1.807, 2.05) is 17.0 Å². The van der Waals surface area contributed by atoms with Gasteiger partial charge in [0, 0.05) is 38.0 Å². The molecule has 8 heteroatoms. The minimum absolute atomic E-state index is 0.00249. The number of β-amino-alcohol motifs (C(OH)–C–C–N with tert-alkyl or cyclic N) is 1. The smallest absolute Gasteiger partial charge is 0.221 e. The zero-order chi connectivity index (χ0) is 21.0. The second-order valence-corrected chi connectivity index (χ2v) is 7.79. The van der Waals surface area contributed by atoms with Crippen molar-refractivity contribution in [3.05, 3.63) is 47.5 Å². The van der Waals surface area contributed by atoms with Crippen molar-refractivity contribution in [1.29, 1.82) is 0 Å². The number of aromatic hydroxyl groups is 1. The topological polar surface area (TPSA) is 91.3 Å². The first-order valence-corrected chi connectivity index (χ1v) is 9.74. The number of aliphatic hydroxyl groups is 1. The molecule has 1 heterocycles. The molecule has 2 aromatic rings. The highest BCUT2D eigenvalue weighted by molar-refractivity contribution is 6.30. The second kappa shape index (κ2) is 8.90. The van der Waals surface area contributed by atoms with E-state index in [2.05, 4.69) is 5.32 Å². The average Bonchev–Trinajstić information content (AvgIpc) is 3.05. The minimum Gasteiger partial charge on any atom is -0.508 e. The van der Waals surface area contributed by atoms with Gasteiger partial charge in [-0.15, -0.1) is 0 Å². The van der Waals surface area contributed by atoms with Crippen LogP contribution in [0.1, 0.15) is 20.3 Å². The summed E-state index contributed by atoms with van der Waals surface area (Å²) < 4.78 is 11.7. The number of rotatable bonds is 7. The number of ether oxygens (including phenoxy) is 2. The van der Waals surface area contributed by atoms with E-state index >= 15 is 0 Å². The lowest BCUT2D eigenvalue weighted by atomic mass is 10.2. The Balaban J connectivity index is 1.59. The molecule has 0 aliphatic carbocycles. The number of carbonyl (C=O) groups is 1. The van der Waals surface area contributed by atoms with E-state index in [0.717, 1.165) is 18.7 Å². The molecule has 0 spiro atoms. The van der Waals surface area contributed by atoms with Crippen LogP contribution >= 0.6 is 11.6 Å². The number of phenolic OH excluding ortho intramolecular Hbond substituents is 1. The van der Waals surface area contributed by atoms with Gasteiger partial charge in [0.25, 0.3) is 0 Å². The quantitative estimate of drug-likeness (QED) is 0.470. The fraction of sp³-hybridized carbons (Fsp3) is 0.381. The third-order valence-corrected chi connectivity index (χ3v) is 4.72. The van der Waals surface area contributed by atoms with Crippen LogP contribution in [0.2, 0.25) is 5.02 Å². The van der Waals surface area contributed by atoms with Gasteiger partial charge < -0.3 is 25.0 Å². The fourth-order valence-corrected chi connectivity index (χ4v) is 3.44. The lowest BCUT2D eigenvalue weighted by Gasteiger charge is -2.30. The normalized spacial score (nSPS) is 18.8. The summed E-state index contributed by atoms with van der Waals surface area (Å²) in [4.78, 5) is 13.4. The SMILES string of the molecule is CC(=O)Nc1ccc(O)cc1OC(C)(O)CN1CC[C@H](Oc2ccc(Cl)cc2)C1. The maximum atomic E-state index is 11.4. The van der Waals surface area contributed by atoms with Crippen molar-refractivity contribution >= 4 is 23.2 Å². The Hall–Kier alpha value is -2.48. The molecule has 1 saturated heterocycles. The van der Waals surface area contributed by atoms with E-state index in [9.17, 15) is 15.0 Å². The van der Waals surface area contributed by atoms with E-state index in [0.29, 0.717) is 17.3 Å². The van der Waals surface area contributed by atoms with Crippen LogP contribution in [0.5, 0.6) is 17.2 Å². The molecule has 2 aromatic carbocycles. The van der Waals surface area contributed by atoms with Gasteiger partial charge in [-0.1, -0.05) is 11.6 Å². The number of hydrogen-bond acceptors (Lipinski definition) is 6. The number of nitrogens with zero attached hydrogens (tertiary/aromatic N) is 1. The third kappa shape index (κ3) is 6.25. The van der Waals surface area contributed by atoms with Crippen molar-refractivity contribution in [2.45, 2.75) is 32.2 Å². The summed E-state index contributed by atoms with van der Waals surface area (Å²) in [7, 11) is 0. The van der Waals surface area contributed by atoms with Crippen molar-refractivity contribution in [1.82, 2.24) is 4.90 Å². The van der Waals surface area contributed by atoms with Gasteiger partial charge in [-0.05, 0) is 42.8 Å². The number of amides is 1. The van der Waals surface area contributed by atoms with Crippen LogP contribution in [0, 0.1) is 0 Å². The van der Waals surface area contributed by atoms with Gasteiger partial charge in [0.2, 0.25) is 11.7 Å². The molecule has 1 fully saturated rings. The Kier molecular flexibility index (Phi) is 6.52. The monoisotopic (exact) mass is 420 g/mol. The van der Waals surface area contributed by atoms with Gasteiger partial charge in [0.05, 0.1) is 12.2 Å². The van der Waals surface area contributed by atoms with E-state index < -0.39 is 5.79 Å². The van der Waals surface area contributed by atoms with Gasteiger partial charge in [-0.2, -0.15) is 0 Å². The number of carbonyl (C=O) groups excluding carboxylic acids is 1. The Labute approximate surface area is 174 Å². The van der Waals surface area contributed by atoms with Crippen LogP contribution in [-0.4, -0.2) is 52.5 Å². The summed E-state index contributed by atoms with van der Waals surface area (Å²) in [5.74, 6) is -0.886. The van der Waals surface area contributed by atoms with E-state index in [1.165, 1.54) is 25.1 Å². The largest absolute Gasteiger partial charge is 0.508 e. The highest BCUT2D eigenvalue weighted by atomic mass is 35.5. The van der Waals surface area contributed by atoms with Crippen LogP contribution < -0.4 is 14.8 Å². The third-order valence-electron chi connectivity index (χ3n) is 4.47. The Morgan fingerprint density at radius 2 is 2.03 bits per heavy atom. The van der Waals surface area contributed by atoms with Crippen molar-refractivity contribution < 1.29 is 24.5 Å². The number of benzene rings is 2. The Bertz CT molecular complexity index is 857. The minimum atomic E-state index is -1.53. The summed E-state index contributed by atoms with van der Waals surface area (Å²) in [6.07, 6.45) is 0.824. The van der Waals surface area contributed by atoms with E-state index in [1.54, 1.807) is 19.1 Å². The summed E-state index contributed by atoms with van der Waals surface area (Å²) in [6, 6.07) is 11.5. The highest BCUT2D eigenvalue weighted by Gasteiger charge is 2.32. The summed E-state index contributed by atoms with van der Waals surface area (Å²) in [5.41, 5.74) is 0.376. The lowest BCUT2D eigenvalue weighted by molar-refractivity contribution is -0.135. The van der Waals surface area contributed by atoms with Crippen LogP contribution in [0.15, 0.2) is 42.5 Å². The van der Waals surface area contributed by atoms with Gasteiger partial charge in [0.15, 0.2) is 0 Å². The number of anilines is 1. The van der Waals surface area contributed by atoms with Gasteiger partial charge in [-0.25, -0.2) is 0 Å². The maximum Gasteiger partial charge on any atom is 0.221 e. The first-order chi connectivity index (χ1) is 13.7. The molecule has 0 bridgehead atoms. The van der Waals surface area contributed by atoms with Gasteiger partial charge in [-0.3, -0.25) is 9.69 Å². The zero-order valence-corrected chi connectivity index (χ0v) is 17.1. The number of phenols is 1. The van der Waals surface area contributed by atoms with Crippen LogP contribution in [0.3, 0.4) is 0 Å². The van der Waals surface area contributed by atoms with E-state index in [-0.39, 0.29) is 30.1 Å². The molecule has 0 saturated carbocycles. The molecule has 7 nitrogen and oxygen atoms in total. The molecule has 1 aliphatic rings. The number of halogens is 1. The first kappa shape index (κ1) is 21.2. The van der Waals surface area contributed by atoms with Crippen molar-refractivity contribution in [3.8, 4) is 17.2 Å². The lowest BCUT2D eigenvalue weighted by Crippen LogP contribution is -2.45. The van der Waals surface area contributed by atoms with Gasteiger partial charge >= 0.3 is 0 Å². The number of hydrogen-bond donors (Lipinski definition) is 3. The molecule has 156 valence electrons. The van der Waals surface area contributed by atoms with Crippen LogP contribution in [0.25, 0.3) is 0 Å². The Morgan fingerprint density at radius 1 is 1.31 bits per heavy atom. The fourth-order valence-electron chi connectivity index (χ4n) is 3.31. The van der Waals surface area contributed by atoms with Crippen LogP contribution in [0.4, 0.5) is 5.69 Å². The molecule has 1 unspecified atom stereocenters. The molecule has 0 aromatic heterocycles. The zero-order valence-electron chi connectivity index (χ0n) is 16.4. The van der Waals surface area contributed by atoms with Crippen molar-refractivity contribution in [2.75, 3.05) is 25.0 Å². The molecule has 1 aliphatic heterocycles.